The van der Waals surface area contributed by atoms with Gasteiger partial charge in [0.25, 0.3) is 0 Å². The molecule has 21 heavy (non-hydrogen) atoms. The van der Waals surface area contributed by atoms with E-state index in [0.29, 0.717) is 24.1 Å². The van der Waals surface area contributed by atoms with Crippen molar-refractivity contribution in [2.24, 2.45) is 11.8 Å². The number of carbonyl (C=O) groups is 1. The molecule has 0 radical (unpaired) electrons. The zero-order chi connectivity index (χ0) is 15.2. The number of nitrogens with zero attached hydrogens (tertiary/aromatic N) is 2. The van der Waals surface area contributed by atoms with Gasteiger partial charge >= 0.3 is 6.03 Å². The Hall–Kier alpha value is -1.56. The zero-order valence-corrected chi connectivity index (χ0v) is 12.9. The summed E-state index contributed by atoms with van der Waals surface area (Å²) in [6.45, 7) is 5.70. The van der Waals surface area contributed by atoms with Gasteiger partial charge in [-0.05, 0) is 31.1 Å². The molecule has 1 heterocycles. The summed E-state index contributed by atoms with van der Waals surface area (Å²) in [7, 11) is 0. The highest BCUT2D eigenvalue weighted by Gasteiger charge is 2.20. The van der Waals surface area contributed by atoms with Crippen molar-refractivity contribution in [3.63, 3.8) is 0 Å². The molecule has 6 heteroatoms. The van der Waals surface area contributed by atoms with Gasteiger partial charge in [-0.1, -0.05) is 20.3 Å². The Bertz CT molecular complexity index is 458. The molecule has 6 nitrogen and oxygen atoms in total. The molecule has 1 aromatic heterocycles. The molecule has 3 N–H and O–H groups in total. The van der Waals surface area contributed by atoms with E-state index in [4.69, 9.17) is 0 Å². The minimum atomic E-state index is -0.209. The molecule has 0 aliphatic heterocycles. The number of anilines is 1. The van der Waals surface area contributed by atoms with Crippen LogP contribution in [0.3, 0.4) is 0 Å². The van der Waals surface area contributed by atoms with Crippen molar-refractivity contribution in [3.8, 4) is 0 Å². The van der Waals surface area contributed by atoms with Crippen LogP contribution in [0.5, 0.6) is 0 Å². The van der Waals surface area contributed by atoms with Gasteiger partial charge in [-0.2, -0.15) is 5.10 Å². The minimum absolute atomic E-state index is 0.206. The molecule has 2 rings (SSSR count). The highest BCUT2D eigenvalue weighted by Crippen LogP contribution is 2.23. The van der Waals surface area contributed by atoms with E-state index >= 15 is 0 Å². The third-order valence-electron chi connectivity index (χ3n) is 3.75. The van der Waals surface area contributed by atoms with Crippen molar-refractivity contribution >= 4 is 11.7 Å². The lowest BCUT2D eigenvalue weighted by molar-refractivity contribution is 0.101. The van der Waals surface area contributed by atoms with E-state index in [1.165, 1.54) is 0 Å². The number of hydrogen-bond acceptors (Lipinski definition) is 3. The smallest absolute Gasteiger partial charge is 0.319 e. The van der Waals surface area contributed by atoms with E-state index in [0.717, 1.165) is 32.2 Å². The molecule has 0 spiro atoms. The molecule has 1 aliphatic carbocycles. The number of rotatable bonds is 5. The number of hydrogen-bond donors (Lipinski definition) is 3. The van der Waals surface area contributed by atoms with Crippen LogP contribution in [-0.4, -0.2) is 33.6 Å². The lowest BCUT2D eigenvalue weighted by Gasteiger charge is -2.25. The van der Waals surface area contributed by atoms with Gasteiger partial charge in [0.2, 0.25) is 0 Å². The van der Waals surface area contributed by atoms with Crippen LogP contribution in [0.2, 0.25) is 0 Å². The molecule has 2 amide bonds. The summed E-state index contributed by atoms with van der Waals surface area (Å²) in [4.78, 5) is 11.8. The van der Waals surface area contributed by atoms with Crippen LogP contribution in [0, 0.1) is 11.8 Å². The van der Waals surface area contributed by atoms with Crippen molar-refractivity contribution in [2.45, 2.75) is 52.2 Å². The Morgan fingerprint density at radius 2 is 2.33 bits per heavy atom. The maximum atomic E-state index is 11.8. The predicted molar refractivity (Wildman–Crippen MR) is 82.1 cm³/mol. The van der Waals surface area contributed by atoms with Crippen molar-refractivity contribution in [3.05, 3.63) is 12.4 Å². The highest BCUT2D eigenvalue weighted by atomic mass is 16.3. The molecule has 0 bridgehead atoms. The van der Waals surface area contributed by atoms with Crippen LogP contribution in [-0.2, 0) is 6.54 Å². The lowest BCUT2D eigenvalue weighted by Crippen LogP contribution is -2.35. The number of amides is 2. The minimum Gasteiger partial charge on any atom is -0.393 e. The van der Waals surface area contributed by atoms with Crippen LogP contribution in [0.25, 0.3) is 0 Å². The normalized spacial score (nSPS) is 22.3. The first-order chi connectivity index (χ1) is 10.0. The Morgan fingerprint density at radius 3 is 3.05 bits per heavy atom. The first-order valence-electron chi connectivity index (χ1n) is 7.78. The number of aliphatic hydroxyl groups excluding tert-OH is 1. The third-order valence-corrected chi connectivity index (χ3v) is 3.75. The topological polar surface area (TPSA) is 79.2 Å². The number of nitrogens with one attached hydrogen (secondary N) is 2. The molecule has 0 saturated heterocycles. The Kier molecular flexibility index (Phi) is 5.61. The van der Waals surface area contributed by atoms with Gasteiger partial charge in [0.15, 0.2) is 0 Å². The Balaban J connectivity index is 1.72. The van der Waals surface area contributed by atoms with Gasteiger partial charge in [-0.15, -0.1) is 0 Å². The Morgan fingerprint density at radius 1 is 1.52 bits per heavy atom. The predicted octanol–water partition coefficient (Wildman–Crippen LogP) is 2.21. The molecule has 2 atom stereocenters. The molecule has 1 aliphatic rings. The fourth-order valence-corrected chi connectivity index (χ4v) is 2.76. The fraction of sp³-hybridized carbons (Fsp3) is 0.733. The number of aromatic nitrogens is 2. The summed E-state index contributed by atoms with van der Waals surface area (Å²) in [5.41, 5.74) is 0.705. The molecular weight excluding hydrogens is 268 g/mol. The van der Waals surface area contributed by atoms with Gasteiger partial charge in [-0.3, -0.25) is 4.68 Å². The number of carbonyl (C=O) groups excluding carboxylic acids is 1. The number of aliphatic hydroxyl groups is 1. The molecule has 118 valence electrons. The molecular formula is C15H26N4O2. The van der Waals surface area contributed by atoms with Crippen molar-refractivity contribution in [2.75, 3.05) is 11.9 Å². The standard InChI is InChI=1S/C15H26N4O2/c1-11(2)9-19-10-13(8-17-19)18-15(21)16-7-12-4-3-5-14(20)6-12/h8,10-12,14,20H,3-7,9H2,1-2H3,(H2,16,18,21). The molecule has 1 aromatic rings. The summed E-state index contributed by atoms with van der Waals surface area (Å²) in [6.07, 6.45) is 7.07. The monoisotopic (exact) mass is 294 g/mol. The van der Waals surface area contributed by atoms with Crippen LogP contribution < -0.4 is 10.6 Å². The second-order valence-electron chi connectivity index (χ2n) is 6.37. The van der Waals surface area contributed by atoms with E-state index < -0.39 is 0 Å². The fourth-order valence-electron chi connectivity index (χ4n) is 2.76. The summed E-state index contributed by atoms with van der Waals surface area (Å²) in [6, 6.07) is -0.209. The largest absolute Gasteiger partial charge is 0.393 e. The average Bonchev–Trinajstić information content (AvgIpc) is 2.83. The van der Waals surface area contributed by atoms with E-state index in [-0.39, 0.29) is 12.1 Å². The van der Waals surface area contributed by atoms with Gasteiger partial charge in [0, 0.05) is 19.3 Å². The highest BCUT2D eigenvalue weighted by molar-refractivity contribution is 5.88. The molecule has 2 unspecified atom stereocenters. The van der Waals surface area contributed by atoms with Crippen molar-refractivity contribution in [1.82, 2.24) is 15.1 Å². The molecule has 0 aromatic carbocycles. The average molecular weight is 294 g/mol. The molecule has 1 fully saturated rings. The summed E-state index contributed by atoms with van der Waals surface area (Å²) < 4.78 is 1.83. The van der Waals surface area contributed by atoms with E-state index in [1.807, 2.05) is 10.9 Å². The maximum Gasteiger partial charge on any atom is 0.319 e. The summed E-state index contributed by atoms with van der Waals surface area (Å²) >= 11 is 0. The van der Waals surface area contributed by atoms with Crippen LogP contribution in [0.15, 0.2) is 12.4 Å². The third kappa shape index (κ3) is 5.38. The zero-order valence-electron chi connectivity index (χ0n) is 12.9. The van der Waals surface area contributed by atoms with E-state index in [9.17, 15) is 9.90 Å². The second kappa shape index (κ2) is 7.45. The van der Waals surface area contributed by atoms with E-state index in [2.05, 4.69) is 29.6 Å². The lowest BCUT2D eigenvalue weighted by atomic mass is 9.87. The first kappa shape index (κ1) is 15.8. The van der Waals surface area contributed by atoms with Crippen molar-refractivity contribution < 1.29 is 9.90 Å². The van der Waals surface area contributed by atoms with Gasteiger partial charge in [-0.25, -0.2) is 4.79 Å². The van der Waals surface area contributed by atoms with E-state index in [1.54, 1.807) is 6.20 Å². The van der Waals surface area contributed by atoms with Crippen LogP contribution in [0.1, 0.15) is 39.5 Å². The quantitative estimate of drug-likeness (QED) is 0.779. The maximum absolute atomic E-state index is 11.8. The Labute approximate surface area is 125 Å². The first-order valence-corrected chi connectivity index (χ1v) is 7.78. The van der Waals surface area contributed by atoms with Gasteiger partial charge in [0.1, 0.15) is 0 Å². The summed E-state index contributed by atoms with van der Waals surface area (Å²) in [5.74, 6) is 0.896. The van der Waals surface area contributed by atoms with Crippen LogP contribution in [0.4, 0.5) is 10.5 Å². The number of urea groups is 1. The SMILES string of the molecule is CC(C)Cn1cc(NC(=O)NCC2CCCC(O)C2)cn1. The summed E-state index contributed by atoms with van der Waals surface area (Å²) in [5, 5.41) is 19.5. The molecule has 1 saturated carbocycles. The van der Waals surface area contributed by atoms with Crippen molar-refractivity contribution in [1.29, 1.82) is 0 Å². The van der Waals surface area contributed by atoms with Gasteiger partial charge < -0.3 is 15.7 Å². The second-order valence-corrected chi connectivity index (χ2v) is 6.37. The van der Waals surface area contributed by atoms with Crippen LogP contribution >= 0.6 is 0 Å². The van der Waals surface area contributed by atoms with Gasteiger partial charge in [0.05, 0.1) is 18.0 Å².